The van der Waals surface area contributed by atoms with Gasteiger partial charge in [-0.1, -0.05) is 182 Å². The first-order valence-electron chi connectivity index (χ1n) is 20.6. The van der Waals surface area contributed by atoms with Crippen LogP contribution in [0, 0.1) is 0 Å². The van der Waals surface area contributed by atoms with E-state index < -0.39 is 0 Å². The number of para-hydroxylation sites is 1. The van der Waals surface area contributed by atoms with Crippen molar-refractivity contribution in [3.8, 4) is 67.5 Å². The van der Waals surface area contributed by atoms with Gasteiger partial charge in [0.05, 0.1) is 0 Å². The minimum Gasteiger partial charge on any atom is -0.456 e. The smallest absolute Gasteiger partial charge is 0.164 e. The van der Waals surface area contributed by atoms with E-state index in [1.807, 2.05) is 30.3 Å². The number of furan rings is 1. The maximum Gasteiger partial charge on any atom is 0.164 e. The molecule has 0 aliphatic carbocycles. The van der Waals surface area contributed by atoms with E-state index in [-0.39, 0.29) is 0 Å². The van der Waals surface area contributed by atoms with E-state index in [1.54, 1.807) is 0 Å². The molecule has 0 bridgehead atoms. The van der Waals surface area contributed by atoms with Crippen molar-refractivity contribution in [3.63, 3.8) is 0 Å². The van der Waals surface area contributed by atoms with Gasteiger partial charge in [-0.25, -0.2) is 15.0 Å². The lowest BCUT2D eigenvalue weighted by molar-refractivity contribution is 0.669. The van der Waals surface area contributed by atoms with Gasteiger partial charge in [-0.3, -0.25) is 0 Å². The molecule has 0 fully saturated rings. The third kappa shape index (κ3) is 6.04. The van der Waals surface area contributed by atoms with Crippen LogP contribution in [0.4, 0.5) is 0 Å². The maximum absolute atomic E-state index is 6.27. The second-order valence-corrected chi connectivity index (χ2v) is 15.5. The monoisotopic (exact) mass is 777 g/mol. The molecule has 61 heavy (non-hydrogen) atoms. The Hall–Kier alpha value is -8.21. The van der Waals surface area contributed by atoms with E-state index >= 15 is 0 Å². The van der Waals surface area contributed by atoms with E-state index in [0.29, 0.717) is 17.5 Å². The van der Waals surface area contributed by atoms with Crippen LogP contribution in [0.3, 0.4) is 0 Å². The first kappa shape index (κ1) is 34.8. The molecular formula is C57H35N3O. The summed E-state index contributed by atoms with van der Waals surface area (Å²) in [6.45, 7) is 0. The third-order valence-corrected chi connectivity index (χ3v) is 11.9. The van der Waals surface area contributed by atoms with Gasteiger partial charge in [0.25, 0.3) is 0 Å². The molecule has 10 aromatic carbocycles. The highest BCUT2D eigenvalue weighted by Crippen LogP contribution is 2.41. The highest BCUT2D eigenvalue weighted by molar-refractivity contribution is 6.20. The van der Waals surface area contributed by atoms with Crippen molar-refractivity contribution in [1.29, 1.82) is 0 Å². The third-order valence-electron chi connectivity index (χ3n) is 11.9. The molecule has 12 aromatic rings. The van der Waals surface area contributed by atoms with Crippen molar-refractivity contribution in [3.05, 3.63) is 212 Å². The van der Waals surface area contributed by atoms with Crippen LogP contribution in [0.15, 0.2) is 217 Å². The first-order chi connectivity index (χ1) is 30.2. The molecule has 2 aromatic heterocycles. The zero-order valence-corrected chi connectivity index (χ0v) is 33.0. The van der Waals surface area contributed by atoms with Gasteiger partial charge in [0.2, 0.25) is 0 Å². The normalized spacial score (nSPS) is 11.6. The Bertz CT molecular complexity index is 3650. The van der Waals surface area contributed by atoms with Crippen molar-refractivity contribution in [1.82, 2.24) is 15.0 Å². The number of rotatable bonds is 6. The summed E-state index contributed by atoms with van der Waals surface area (Å²) in [7, 11) is 0. The Kier molecular flexibility index (Phi) is 8.13. The Balaban J connectivity index is 1.01. The summed E-state index contributed by atoms with van der Waals surface area (Å²) in [5.41, 5.74) is 11.1. The number of aromatic nitrogens is 3. The first-order valence-corrected chi connectivity index (χ1v) is 20.6. The van der Waals surface area contributed by atoms with Gasteiger partial charge in [0.1, 0.15) is 11.2 Å². The summed E-state index contributed by atoms with van der Waals surface area (Å²) < 4.78 is 6.27. The van der Waals surface area contributed by atoms with E-state index in [0.717, 1.165) is 66.4 Å². The lowest BCUT2D eigenvalue weighted by atomic mass is 9.89. The molecule has 0 aliphatic heterocycles. The predicted octanol–water partition coefficient (Wildman–Crippen LogP) is 15.2. The average molecular weight is 778 g/mol. The molecule has 0 radical (unpaired) electrons. The summed E-state index contributed by atoms with van der Waals surface area (Å²) in [6.07, 6.45) is 0. The maximum atomic E-state index is 6.27. The van der Waals surface area contributed by atoms with Crippen LogP contribution in [-0.4, -0.2) is 15.0 Å². The van der Waals surface area contributed by atoms with Gasteiger partial charge in [-0.2, -0.15) is 0 Å². The summed E-state index contributed by atoms with van der Waals surface area (Å²) in [5.74, 6) is 1.83. The average Bonchev–Trinajstić information content (AvgIpc) is 3.71. The summed E-state index contributed by atoms with van der Waals surface area (Å²) in [5, 5.41) is 9.63. The summed E-state index contributed by atoms with van der Waals surface area (Å²) >= 11 is 0. The predicted molar refractivity (Wildman–Crippen MR) is 252 cm³/mol. The molecule has 0 saturated carbocycles. The Labute approximate surface area is 352 Å². The standard InChI is InChI=1S/C57H35N3O/c1-2-13-36(14-3-1)44-19-8-9-23-50(44)57-59-55(58-56(60-57)43-18-12-17-40(33-43)41-30-31-48-47-22-10-11-24-52(47)61-53(48)35-41)39-27-25-38(26-28-39)54-46-21-7-5-16-42(46)34-51-45-20-6-4-15-37(45)29-32-49(51)54/h1-35H. The van der Waals surface area contributed by atoms with Gasteiger partial charge >= 0.3 is 0 Å². The van der Waals surface area contributed by atoms with Crippen LogP contribution in [-0.2, 0) is 0 Å². The fourth-order valence-corrected chi connectivity index (χ4v) is 8.96. The number of hydrogen-bond acceptors (Lipinski definition) is 4. The molecule has 0 atom stereocenters. The fourth-order valence-electron chi connectivity index (χ4n) is 8.96. The van der Waals surface area contributed by atoms with Crippen LogP contribution >= 0.6 is 0 Å². The zero-order chi connectivity index (χ0) is 40.3. The molecule has 4 nitrogen and oxygen atoms in total. The lowest BCUT2D eigenvalue weighted by Crippen LogP contribution is -2.01. The highest BCUT2D eigenvalue weighted by atomic mass is 16.3. The van der Waals surface area contributed by atoms with E-state index in [1.165, 1.54) is 37.9 Å². The van der Waals surface area contributed by atoms with Gasteiger partial charge in [0.15, 0.2) is 17.5 Å². The molecule has 0 unspecified atom stereocenters. The van der Waals surface area contributed by atoms with Crippen molar-refractivity contribution in [2.24, 2.45) is 0 Å². The summed E-state index contributed by atoms with van der Waals surface area (Å²) in [6, 6.07) is 74.7. The minimum atomic E-state index is 0.602. The number of hydrogen-bond donors (Lipinski definition) is 0. The van der Waals surface area contributed by atoms with Crippen LogP contribution in [0.1, 0.15) is 0 Å². The SMILES string of the molecule is c1ccc(-c2ccccc2-c2nc(-c3ccc(-c4c5ccccc5cc5c4ccc4ccccc45)cc3)nc(-c3cccc(-c4ccc5c(c4)oc4ccccc45)c3)n2)cc1. The van der Waals surface area contributed by atoms with Crippen molar-refractivity contribution < 1.29 is 4.42 Å². The number of nitrogens with zero attached hydrogens (tertiary/aromatic N) is 3. The second-order valence-electron chi connectivity index (χ2n) is 15.5. The molecule has 0 saturated heterocycles. The van der Waals surface area contributed by atoms with Crippen LogP contribution in [0.5, 0.6) is 0 Å². The molecule has 0 aliphatic rings. The van der Waals surface area contributed by atoms with Gasteiger partial charge in [-0.15, -0.1) is 0 Å². The summed E-state index contributed by atoms with van der Waals surface area (Å²) in [4.78, 5) is 15.7. The van der Waals surface area contributed by atoms with E-state index in [4.69, 9.17) is 19.4 Å². The van der Waals surface area contributed by atoms with Crippen LogP contribution in [0.25, 0.3) is 122 Å². The zero-order valence-electron chi connectivity index (χ0n) is 33.0. The molecule has 284 valence electrons. The van der Waals surface area contributed by atoms with E-state index in [2.05, 4.69) is 182 Å². The Morgan fingerprint density at radius 2 is 0.836 bits per heavy atom. The lowest BCUT2D eigenvalue weighted by Gasteiger charge is -2.15. The number of fused-ring (bicyclic) bond motifs is 7. The quantitative estimate of drug-likeness (QED) is 0.125. The Morgan fingerprint density at radius 1 is 0.262 bits per heavy atom. The molecular weight excluding hydrogens is 743 g/mol. The number of benzene rings is 10. The molecule has 2 heterocycles. The van der Waals surface area contributed by atoms with Crippen LogP contribution < -0.4 is 0 Å². The van der Waals surface area contributed by atoms with Crippen molar-refractivity contribution in [2.45, 2.75) is 0 Å². The highest BCUT2D eigenvalue weighted by Gasteiger charge is 2.18. The Morgan fingerprint density at radius 3 is 1.69 bits per heavy atom. The van der Waals surface area contributed by atoms with E-state index in [9.17, 15) is 0 Å². The topological polar surface area (TPSA) is 51.8 Å². The molecule has 12 rings (SSSR count). The van der Waals surface area contributed by atoms with Crippen LogP contribution in [0.2, 0.25) is 0 Å². The van der Waals surface area contributed by atoms with Gasteiger partial charge < -0.3 is 4.42 Å². The van der Waals surface area contributed by atoms with Gasteiger partial charge in [-0.05, 0) is 96.0 Å². The molecule has 0 spiro atoms. The molecule has 4 heteroatoms. The van der Waals surface area contributed by atoms with Crippen molar-refractivity contribution in [2.75, 3.05) is 0 Å². The fraction of sp³-hybridized carbons (Fsp3) is 0. The van der Waals surface area contributed by atoms with Gasteiger partial charge in [0, 0.05) is 27.5 Å². The molecule has 0 amide bonds. The largest absolute Gasteiger partial charge is 0.456 e. The second kappa shape index (κ2) is 14.3. The molecule has 0 N–H and O–H groups in total. The van der Waals surface area contributed by atoms with Crippen molar-refractivity contribution >= 4 is 54.3 Å². The minimum absolute atomic E-state index is 0.602.